The fourth-order valence-corrected chi connectivity index (χ4v) is 4.64. The van der Waals surface area contributed by atoms with E-state index in [-0.39, 0.29) is 11.8 Å². The predicted octanol–water partition coefficient (Wildman–Crippen LogP) is 4.77. The number of hydrogen-bond acceptors (Lipinski definition) is 4. The summed E-state index contributed by atoms with van der Waals surface area (Å²) in [4.78, 5) is 13.0. The lowest BCUT2D eigenvalue weighted by Gasteiger charge is -2.38. The third-order valence-corrected chi connectivity index (χ3v) is 6.63. The number of nitrogens with zero attached hydrogens (tertiary/aromatic N) is 1. The van der Waals surface area contributed by atoms with Gasteiger partial charge in [-0.15, -0.1) is 0 Å². The summed E-state index contributed by atoms with van der Waals surface area (Å²) in [6.45, 7) is 3.30. The molecule has 2 aromatic rings. The Bertz CT molecular complexity index is 889. The molecule has 29 heavy (non-hydrogen) atoms. The van der Waals surface area contributed by atoms with Gasteiger partial charge in [-0.3, -0.25) is 4.79 Å². The van der Waals surface area contributed by atoms with E-state index < -0.39 is 5.97 Å². The number of carbonyl (C=O) groups is 1. The first kappa shape index (κ1) is 20.3. The van der Waals surface area contributed by atoms with Crippen LogP contribution in [0, 0.1) is 0 Å². The molecule has 1 spiro atoms. The van der Waals surface area contributed by atoms with Crippen molar-refractivity contribution in [3.05, 3.63) is 57.6 Å². The van der Waals surface area contributed by atoms with E-state index in [1.165, 1.54) is 5.56 Å². The molecule has 1 saturated heterocycles. The van der Waals surface area contributed by atoms with Gasteiger partial charge in [0.05, 0.1) is 13.0 Å². The highest BCUT2D eigenvalue weighted by Gasteiger charge is 2.43. The van der Waals surface area contributed by atoms with Gasteiger partial charge in [-0.05, 0) is 56.3 Å². The molecule has 2 aliphatic rings. The molecule has 0 aliphatic carbocycles. The number of halogens is 2. The van der Waals surface area contributed by atoms with E-state index in [4.69, 9.17) is 37.8 Å². The van der Waals surface area contributed by atoms with Crippen LogP contribution in [0.25, 0.3) is 0 Å². The van der Waals surface area contributed by atoms with Gasteiger partial charge in [-0.25, -0.2) is 0 Å². The molecular weight excluding hydrogens is 413 g/mol. The van der Waals surface area contributed by atoms with Crippen molar-refractivity contribution in [2.75, 3.05) is 26.2 Å². The molecule has 1 N–H and O–H groups in total. The van der Waals surface area contributed by atoms with Gasteiger partial charge >= 0.3 is 5.97 Å². The molecule has 0 radical (unpaired) electrons. The highest BCUT2D eigenvalue weighted by molar-refractivity contribution is 6.35. The zero-order valence-electron chi connectivity index (χ0n) is 16.0. The number of hydrogen-bond donors (Lipinski definition) is 1. The number of likely N-dealkylation sites (tertiary alicyclic amines) is 1. The summed E-state index contributed by atoms with van der Waals surface area (Å²) in [5.74, 6) is 0.922. The maximum atomic E-state index is 10.8. The SMILES string of the molecule is O=C(O)CCN1CCC2(CC1)COc1ccc(OCc3c(Cl)cccc3Cl)cc12. The minimum atomic E-state index is -0.750. The Kier molecular flexibility index (Phi) is 5.91. The Balaban J connectivity index is 1.45. The van der Waals surface area contributed by atoms with Crippen LogP contribution >= 0.6 is 23.2 Å². The van der Waals surface area contributed by atoms with E-state index in [9.17, 15) is 4.79 Å². The summed E-state index contributed by atoms with van der Waals surface area (Å²) in [6.07, 6.45) is 2.07. The lowest BCUT2D eigenvalue weighted by atomic mass is 9.74. The number of carboxylic acids is 1. The summed E-state index contributed by atoms with van der Waals surface area (Å²) in [6, 6.07) is 11.4. The number of carboxylic acid groups (broad SMARTS) is 1. The minimum Gasteiger partial charge on any atom is -0.492 e. The Morgan fingerprint density at radius 1 is 1.17 bits per heavy atom. The highest BCUT2D eigenvalue weighted by atomic mass is 35.5. The van der Waals surface area contributed by atoms with Gasteiger partial charge in [0.2, 0.25) is 0 Å². The van der Waals surface area contributed by atoms with Gasteiger partial charge in [0.25, 0.3) is 0 Å². The first-order chi connectivity index (χ1) is 14.0. The molecule has 0 saturated carbocycles. The van der Waals surface area contributed by atoms with E-state index in [0.717, 1.165) is 43.0 Å². The molecule has 4 rings (SSSR count). The topological polar surface area (TPSA) is 59.0 Å². The highest BCUT2D eigenvalue weighted by Crippen LogP contribution is 2.46. The van der Waals surface area contributed by atoms with Gasteiger partial charge in [-0.2, -0.15) is 0 Å². The minimum absolute atomic E-state index is 0.0313. The quantitative estimate of drug-likeness (QED) is 0.707. The second-order valence-corrected chi connectivity index (χ2v) is 8.52. The summed E-state index contributed by atoms with van der Waals surface area (Å²) in [5.41, 5.74) is 1.92. The average molecular weight is 436 g/mol. The van der Waals surface area contributed by atoms with Crippen molar-refractivity contribution in [2.45, 2.75) is 31.3 Å². The molecule has 2 aromatic carbocycles. The molecule has 7 heteroatoms. The van der Waals surface area contributed by atoms with Gasteiger partial charge in [-0.1, -0.05) is 29.3 Å². The van der Waals surface area contributed by atoms with Crippen LogP contribution < -0.4 is 9.47 Å². The lowest BCUT2D eigenvalue weighted by Crippen LogP contribution is -2.44. The second kappa shape index (κ2) is 8.42. The van der Waals surface area contributed by atoms with E-state index in [1.54, 1.807) is 12.1 Å². The smallest absolute Gasteiger partial charge is 0.304 e. The van der Waals surface area contributed by atoms with Crippen molar-refractivity contribution < 1.29 is 19.4 Å². The average Bonchev–Trinajstić information content (AvgIpc) is 3.05. The van der Waals surface area contributed by atoms with Gasteiger partial charge in [0.1, 0.15) is 18.1 Å². The summed E-state index contributed by atoms with van der Waals surface area (Å²) in [7, 11) is 0. The monoisotopic (exact) mass is 435 g/mol. The van der Waals surface area contributed by atoms with Crippen LogP contribution in [0.4, 0.5) is 0 Å². The fourth-order valence-electron chi connectivity index (χ4n) is 4.13. The summed E-state index contributed by atoms with van der Waals surface area (Å²) >= 11 is 12.5. The third kappa shape index (κ3) is 4.32. The standard InChI is InChI=1S/C22H23Cl2NO4/c23-18-2-1-3-19(24)16(18)13-28-15-4-5-20-17(12-15)22(14-29-20)7-10-25(11-8-22)9-6-21(26)27/h1-5,12H,6-11,13-14H2,(H,26,27). The van der Waals surface area contributed by atoms with E-state index >= 15 is 0 Å². The molecule has 1 fully saturated rings. The maximum Gasteiger partial charge on any atom is 0.304 e. The molecule has 0 bridgehead atoms. The van der Waals surface area contributed by atoms with E-state index in [1.807, 2.05) is 18.2 Å². The molecule has 0 atom stereocenters. The molecule has 5 nitrogen and oxygen atoms in total. The van der Waals surface area contributed by atoms with Crippen LogP contribution in [0.1, 0.15) is 30.4 Å². The molecule has 0 unspecified atom stereocenters. The Morgan fingerprint density at radius 3 is 2.59 bits per heavy atom. The number of aliphatic carboxylic acids is 1. The van der Waals surface area contributed by atoms with Crippen molar-refractivity contribution in [1.82, 2.24) is 4.90 Å². The number of rotatable bonds is 6. The maximum absolute atomic E-state index is 10.8. The summed E-state index contributed by atoms with van der Waals surface area (Å²) in [5, 5.41) is 10.1. The van der Waals surface area contributed by atoms with Crippen molar-refractivity contribution in [2.24, 2.45) is 0 Å². The Labute approximate surface area is 180 Å². The van der Waals surface area contributed by atoms with E-state index in [0.29, 0.717) is 29.8 Å². The Hall–Kier alpha value is -1.95. The molecule has 2 heterocycles. The first-order valence-electron chi connectivity index (χ1n) is 9.74. The fraction of sp³-hybridized carbons (Fsp3) is 0.409. The second-order valence-electron chi connectivity index (χ2n) is 7.70. The molecule has 0 amide bonds. The van der Waals surface area contributed by atoms with Gasteiger partial charge < -0.3 is 19.5 Å². The number of ether oxygens (including phenoxy) is 2. The lowest BCUT2D eigenvalue weighted by molar-refractivity contribution is -0.137. The molecule has 0 aromatic heterocycles. The number of benzene rings is 2. The predicted molar refractivity (Wildman–Crippen MR) is 112 cm³/mol. The van der Waals surface area contributed by atoms with Crippen LogP contribution in [0.2, 0.25) is 10.0 Å². The molecular formula is C22H23Cl2NO4. The van der Waals surface area contributed by atoms with E-state index in [2.05, 4.69) is 11.0 Å². The Morgan fingerprint density at radius 2 is 1.90 bits per heavy atom. The van der Waals surface area contributed by atoms with Crippen LogP contribution in [0.3, 0.4) is 0 Å². The van der Waals surface area contributed by atoms with Crippen molar-refractivity contribution in [3.8, 4) is 11.5 Å². The van der Waals surface area contributed by atoms with Crippen molar-refractivity contribution in [3.63, 3.8) is 0 Å². The van der Waals surface area contributed by atoms with Crippen molar-refractivity contribution >= 4 is 29.2 Å². The van der Waals surface area contributed by atoms with Crippen LogP contribution in [-0.4, -0.2) is 42.2 Å². The normalized spacial score (nSPS) is 17.7. The summed E-state index contributed by atoms with van der Waals surface area (Å²) < 4.78 is 12.0. The van der Waals surface area contributed by atoms with Crippen LogP contribution in [0.5, 0.6) is 11.5 Å². The van der Waals surface area contributed by atoms with Gasteiger partial charge in [0.15, 0.2) is 0 Å². The van der Waals surface area contributed by atoms with Crippen molar-refractivity contribution in [1.29, 1.82) is 0 Å². The zero-order valence-corrected chi connectivity index (χ0v) is 17.5. The van der Waals surface area contributed by atoms with Gasteiger partial charge in [0, 0.05) is 33.1 Å². The molecule has 154 valence electrons. The van der Waals surface area contributed by atoms with Crippen LogP contribution in [-0.2, 0) is 16.8 Å². The zero-order chi connectivity index (χ0) is 20.4. The van der Waals surface area contributed by atoms with Crippen LogP contribution in [0.15, 0.2) is 36.4 Å². The third-order valence-electron chi connectivity index (χ3n) is 5.93. The molecule has 2 aliphatic heterocycles. The number of fused-ring (bicyclic) bond motifs is 2. The first-order valence-corrected chi connectivity index (χ1v) is 10.5. The largest absolute Gasteiger partial charge is 0.492 e. The number of piperidine rings is 1.